The van der Waals surface area contributed by atoms with Crippen molar-refractivity contribution in [2.45, 2.75) is 38.7 Å². The topological polar surface area (TPSA) is 67.4 Å². The normalized spacial score (nSPS) is 20.3. The van der Waals surface area contributed by atoms with Crippen LogP contribution in [-0.2, 0) is 9.53 Å². The Bertz CT molecular complexity index is 812. The summed E-state index contributed by atoms with van der Waals surface area (Å²) in [5, 5.41) is 3.08. The molecule has 28 heavy (non-hydrogen) atoms. The number of nitrogens with zero attached hydrogens (tertiary/aromatic N) is 3. The zero-order chi connectivity index (χ0) is 19.3. The fourth-order valence-electron chi connectivity index (χ4n) is 4.02. The van der Waals surface area contributed by atoms with Gasteiger partial charge in [-0.25, -0.2) is 9.97 Å². The van der Waals surface area contributed by atoms with E-state index in [1.165, 1.54) is 5.56 Å². The Labute approximate surface area is 166 Å². The van der Waals surface area contributed by atoms with Crippen LogP contribution in [0.4, 0.5) is 5.82 Å². The van der Waals surface area contributed by atoms with E-state index in [9.17, 15) is 4.79 Å². The smallest absolute Gasteiger partial charge is 0.223 e. The van der Waals surface area contributed by atoms with Gasteiger partial charge in [0.25, 0.3) is 0 Å². The number of anilines is 1. The molecule has 2 aliphatic heterocycles. The molecule has 6 heteroatoms. The van der Waals surface area contributed by atoms with Crippen LogP contribution in [0.15, 0.2) is 36.7 Å². The van der Waals surface area contributed by atoms with E-state index in [2.05, 4.69) is 45.3 Å². The number of nitrogens with one attached hydrogen (secondary N) is 1. The zero-order valence-corrected chi connectivity index (χ0v) is 16.4. The number of amides is 1. The van der Waals surface area contributed by atoms with Crippen LogP contribution in [-0.4, -0.2) is 48.2 Å². The van der Waals surface area contributed by atoms with Crippen molar-refractivity contribution in [2.24, 2.45) is 5.92 Å². The number of hydrogen-bond acceptors (Lipinski definition) is 5. The Morgan fingerprint density at radius 1 is 1.21 bits per heavy atom. The van der Waals surface area contributed by atoms with Crippen LogP contribution in [0.25, 0.3) is 11.3 Å². The number of aryl methyl sites for hydroxylation is 1. The molecule has 6 nitrogen and oxygen atoms in total. The number of ether oxygens (including phenoxy) is 1. The first-order chi connectivity index (χ1) is 13.7. The SMILES string of the molecule is Cc1cccc(-c2cc(N3CCC(C(=O)NC[C@@H]4CCCO4)CC3)ncn2)c1. The summed E-state index contributed by atoms with van der Waals surface area (Å²) in [6.45, 7) is 5.22. The van der Waals surface area contributed by atoms with Crippen molar-refractivity contribution < 1.29 is 9.53 Å². The van der Waals surface area contributed by atoms with Gasteiger partial charge in [0.05, 0.1) is 11.8 Å². The summed E-state index contributed by atoms with van der Waals surface area (Å²) in [6, 6.07) is 10.4. The fraction of sp³-hybridized carbons (Fsp3) is 0.500. The second-order valence-electron chi connectivity index (χ2n) is 7.77. The van der Waals surface area contributed by atoms with E-state index in [4.69, 9.17) is 4.74 Å². The molecule has 1 amide bonds. The minimum atomic E-state index is 0.0794. The summed E-state index contributed by atoms with van der Waals surface area (Å²) >= 11 is 0. The van der Waals surface area contributed by atoms with Crippen molar-refractivity contribution in [1.29, 1.82) is 0 Å². The summed E-state index contributed by atoms with van der Waals surface area (Å²) in [5.74, 6) is 1.18. The number of aromatic nitrogens is 2. The number of rotatable bonds is 5. The average Bonchev–Trinajstić information content (AvgIpc) is 3.26. The van der Waals surface area contributed by atoms with Crippen LogP contribution in [0.3, 0.4) is 0 Å². The molecule has 2 saturated heterocycles. The Kier molecular flexibility index (Phi) is 5.86. The van der Waals surface area contributed by atoms with Gasteiger partial charge in [-0.2, -0.15) is 0 Å². The molecule has 0 radical (unpaired) electrons. The lowest BCUT2D eigenvalue weighted by Crippen LogP contribution is -2.42. The maximum atomic E-state index is 12.5. The van der Waals surface area contributed by atoms with Crippen LogP contribution >= 0.6 is 0 Å². The van der Waals surface area contributed by atoms with Crippen molar-refractivity contribution >= 4 is 11.7 Å². The number of piperidine rings is 1. The Hall–Kier alpha value is -2.47. The van der Waals surface area contributed by atoms with Crippen molar-refractivity contribution in [2.75, 3.05) is 31.1 Å². The highest BCUT2D eigenvalue weighted by atomic mass is 16.5. The zero-order valence-electron chi connectivity index (χ0n) is 16.4. The molecule has 2 aromatic rings. The minimum Gasteiger partial charge on any atom is -0.376 e. The van der Waals surface area contributed by atoms with E-state index < -0.39 is 0 Å². The van der Waals surface area contributed by atoms with E-state index in [0.717, 1.165) is 62.5 Å². The van der Waals surface area contributed by atoms with Gasteiger partial charge in [0.2, 0.25) is 5.91 Å². The van der Waals surface area contributed by atoms with Crippen LogP contribution in [0, 0.1) is 12.8 Å². The largest absolute Gasteiger partial charge is 0.376 e. The van der Waals surface area contributed by atoms with Crippen LogP contribution in [0.2, 0.25) is 0 Å². The fourth-order valence-corrected chi connectivity index (χ4v) is 4.02. The standard InChI is InChI=1S/C22H28N4O2/c1-16-4-2-5-18(12-16)20-13-21(25-15-24-20)26-9-7-17(8-10-26)22(27)23-14-19-6-3-11-28-19/h2,4-5,12-13,15,17,19H,3,6-11,14H2,1H3,(H,23,27)/t19-/m0/s1. The molecule has 3 heterocycles. The lowest BCUT2D eigenvalue weighted by atomic mass is 9.95. The molecule has 0 bridgehead atoms. The molecular formula is C22H28N4O2. The van der Waals surface area contributed by atoms with E-state index in [-0.39, 0.29) is 17.9 Å². The summed E-state index contributed by atoms with van der Waals surface area (Å²) in [4.78, 5) is 23.6. The van der Waals surface area contributed by atoms with Gasteiger partial charge in [-0.05, 0) is 38.7 Å². The van der Waals surface area contributed by atoms with Gasteiger partial charge in [0.1, 0.15) is 12.1 Å². The first-order valence-electron chi connectivity index (χ1n) is 10.2. The van der Waals surface area contributed by atoms with Gasteiger partial charge < -0.3 is 15.0 Å². The molecule has 1 aromatic carbocycles. The highest BCUT2D eigenvalue weighted by molar-refractivity contribution is 5.79. The quantitative estimate of drug-likeness (QED) is 0.864. The number of benzene rings is 1. The maximum Gasteiger partial charge on any atom is 0.223 e. The van der Waals surface area contributed by atoms with E-state index in [1.54, 1.807) is 6.33 Å². The Morgan fingerprint density at radius 3 is 2.82 bits per heavy atom. The number of carbonyl (C=O) groups is 1. The average molecular weight is 380 g/mol. The first kappa shape index (κ1) is 18.9. The molecule has 0 spiro atoms. The summed E-state index contributed by atoms with van der Waals surface area (Å²) < 4.78 is 5.58. The summed E-state index contributed by atoms with van der Waals surface area (Å²) in [7, 11) is 0. The molecule has 0 saturated carbocycles. The molecular weight excluding hydrogens is 352 g/mol. The van der Waals surface area contributed by atoms with Gasteiger partial charge in [0.15, 0.2) is 0 Å². The molecule has 2 fully saturated rings. The Balaban J connectivity index is 1.33. The maximum absolute atomic E-state index is 12.5. The molecule has 1 aromatic heterocycles. The predicted molar refractivity (Wildman–Crippen MR) is 109 cm³/mol. The van der Waals surface area contributed by atoms with Crippen LogP contribution < -0.4 is 10.2 Å². The van der Waals surface area contributed by atoms with Crippen molar-refractivity contribution in [1.82, 2.24) is 15.3 Å². The van der Waals surface area contributed by atoms with Gasteiger partial charge in [-0.15, -0.1) is 0 Å². The third-order valence-electron chi connectivity index (χ3n) is 5.68. The van der Waals surface area contributed by atoms with Gasteiger partial charge >= 0.3 is 0 Å². The summed E-state index contributed by atoms with van der Waals surface area (Å²) in [5.41, 5.74) is 3.25. The molecule has 1 N–H and O–H groups in total. The second-order valence-corrected chi connectivity index (χ2v) is 7.77. The lowest BCUT2D eigenvalue weighted by Gasteiger charge is -2.32. The number of hydrogen-bond donors (Lipinski definition) is 1. The number of carbonyl (C=O) groups excluding carboxylic acids is 1. The third kappa shape index (κ3) is 4.50. The van der Waals surface area contributed by atoms with E-state index >= 15 is 0 Å². The van der Waals surface area contributed by atoms with Crippen molar-refractivity contribution in [3.05, 3.63) is 42.2 Å². The van der Waals surface area contributed by atoms with Crippen LogP contribution in [0.1, 0.15) is 31.2 Å². The third-order valence-corrected chi connectivity index (χ3v) is 5.68. The van der Waals surface area contributed by atoms with Crippen LogP contribution in [0.5, 0.6) is 0 Å². The molecule has 4 rings (SSSR count). The summed E-state index contributed by atoms with van der Waals surface area (Å²) in [6.07, 6.45) is 5.68. The molecule has 2 aliphatic rings. The lowest BCUT2D eigenvalue weighted by molar-refractivity contribution is -0.126. The predicted octanol–water partition coefficient (Wildman–Crippen LogP) is 2.96. The highest BCUT2D eigenvalue weighted by Gasteiger charge is 2.26. The second kappa shape index (κ2) is 8.69. The van der Waals surface area contributed by atoms with Gasteiger partial charge in [0, 0.05) is 43.8 Å². The monoisotopic (exact) mass is 380 g/mol. The minimum absolute atomic E-state index is 0.0794. The van der Waals surface area contributed by atoms with Gasteiger partial charge in [-0.1, -0.05) is 23.8 Å². The highest BCUT2D eigenvalue weighted by Crippen LogP contribution is 2.25. The Morgan fingerprint density at radius 2 is 2.07 bits per heavy atom. The molecule has 0 aliphatic carbocycles. The molecule has 0 unspecified atom stereocenters. The van der Waals surface area contributed by atoms with Gasteiger partial charge in [-0.3, -0.25) is 4.79 Å². The molecule has 148 valence electrons. The molecule has 1 atom stereocenters. The van der Waals surface area contributed by atoms with Crippen molar-refractivity contribution in [3.63, 3.8) is 0 Å². The van der Waals surface area contributed by atoms with Crippen molar-refractivity contribution in [3.8, 4) is 11.3 Å². The first-order valence-corrected chi connectivity index (χ1v) is 10.2. The van der Waals surface area contributed by atoms with E-state index in [1.807, 2.05) is 12.1 Å². The van der Waals surface area contributed by atoms with E-state index in [0.29, 0.717) is 6.54 Å².